The van der Waals surface area contributed by atoms with Crippen molar-refractivity contribution in [2.45, 2.75) is 44.2 Å². The first-order chi connectivity index (χ1) is 9.99. The monoisotopic (exact) mass is 289 g/mol. The molecule has 6 nitrogen and oxygen atoms in total. The van der Waals surface area contributed by atoms with Crippen LogP contribution >= 0.6 is 0 Å². The summed E-state index contributed by atoms with van der Waals surface area (Å²) in [7, 11) is 1.79. The van der Waals surface area contributed by atoms with E-state index in [0.29, 0.717) is 17.7 Å². The van der Waals surface area contributed by atoms with Gasteiger partial charge >= 0.3 is 0 Å². The second kappa shape index (κ2) is 6.10. The smallest absolute Gasteiger partial charge is 0.272 e. The molecule has 1 saturated carbocycles. The minimum absolute atomic E-state index is 0.0493. The first-order valence-electron chi connectivity index (χ1n) is 7.01. The molecule has 0 heterocycles. The van der Waals surface area contributed by atoms with Crippen LogP contribution in [0.4, 0.5) is 5.69 Å². The lowest BCUT2D eigenvalue weighted by atomic mass is 9.81. The second-order valence-corrected chi connectivity index (χ2v) is 5.49. The van der Waals surface area contributed by atoms with Gasteiger partial charge in [0, 0.05) is 18.1 Å². The normalized spacial score (nSPS) is 25.1. The van der Waals surface area contributed by atoms with E-state index in [0.717, 1.165) is 19.3 Å². The van der Waals surface area contributed by atoms with Crippen molar-refractivity contribution in [3.05, 3.63) is 33.9 Å². The Kier molecular flexibility index (Phi) is 4.43. The molecule has 1 aromatic rings. The summed E-state index contributed by atoms with van der Waals surface area (Å²) in [5.41, 5.74) is 0.139. The summed E-state index contributed by atoms with van der Waals surface area (Å²) in [5.74, 6) is 0.618. The molecule has 0 radical (unpaired) electrons. The number of aryl methyl sites for hydroxylation is 1. The van der Waals surface area contributed by atoms with E-state index in [9.17, 15) is 15.4 Å². The molecule has 1 aromatic carbocycles. The van der Waals surface area contributed by atoms with Crippen molar-refractivity contribution in [2.75, 3.05) is 7.05 Å². The standard InChI is InChI=1S/C15H19N3O3/c1-11-8-12(5-6-14(11)18(19)20)21-13-4-3-7-15(9-13,10-16)17-2/h5-6,8,13,17H,3-4,7,9H2,1-2H3. The molecule has 21 heavy (non-hydrogen) atoms. The molecule has 112 valence electrons. The number of nitrogens with zero attached hydrogens (tertiary/aromatic N) is 2. The first kappa shape index (κ1) is 15.3. The number of nitro benzene ring substituents is 1. The molecule has 0 aromatic heterocycles. The van der Waals surface area contributed by atoms with E-state index >= 15 is 0 Å². The van der Waals surface area contributed by atoms with Crippen LogP contribution in [0, 0.1) is 28.4 Å². The van der Waals surface area contributed by atoms with E-state index in [4.69, 9.17) is 4.74 Å². The highest BCUT2D eigenvalue weighted by atomic mass is 16.6. The Hall–Kier alpha value is -2.13. The molecule has 2 unspecified atom stereocenters. The van der Waals surface area contributed by atoms with Crippen molar-refractivity contribution in [3.63, 3.8) is 0 Å². The van der Waals surface area contributed by atoms with Crippen LogP contribution in [0.3, 0.4) is 0 Å². The van der Waals surface area contributed by atoms with Crippen molar-refractivity contribution in [1.29, 1.82) is 5.26 Å². The fourth-order valence-corrected chi connectivity index (χ4v) is 2.81. The predicted molar refractivity (Wildman–Crippen MR) is 78.1 cm³/mol. The van der Waals surface area contributed by atoms with Gasteiger partial charge in [0.15, 0.2) is 0 Å². The summed E-state index contributed by atoms with van der Waals surface area (Å²) in [6.45, 7) is 1.69. The summed E-state index contributed by atoms with van der Waals surface area (Å²) in [4.78, 5) is 10.4. The fourth-order valence-electron chi connectivity index (χ4n) is 2.81. The van der Waals surface area contributed by atoms with Gasteiger partial charge in [0.25, 0.3) is 5.69 Å². The molecule has 0 amide bonds. The molecule has 2 atom stereocenters. The highest BCUT2D eigenvalue weighted by Gasteiger charge is 2.36. The fraction of sp³-hybridized carbons (Fsp3) is 0.533. The van der Waals surface area contributed by atoms with Crippen LogP contribution in [0.25, 0.3) is 0 Å². The van der Waals surface area contributed by atoms with Gasteiger partial charge in [0.05, 0.1) is 11.0 Å². The van der Waals surface area contributed by atoms with Gasteiger partial charge in [-0.15, -0.1) is 0 Å². The lowest BCUT2D eigenvalue weighted by Gasteiger charge is -2.35. The third-order valence-electron chi connectivity index (χ3n) is 4.07. The second-order valence-electron chi connectivity index (χ2n) is 5.49. The molecular formula is C15H19N3O3. The first-order valence-corrected chi connectivity index (χ1v) is 7.01. The summed E-state index contributed by atoms with van der Waals surface area (Å²) >= 11 is 0. The Morgan fingerprint density at radius 1 is 1.57 bits per heavy atom. The van der Waals surface area contributed by atoms with Crippen molar-refractivity contribution in [3.8, 4) is 11.8 Å². The highest BCUT2D eigenvalue weighted by Crippen LogP contribution is 2.31. The van der Waals surface area contributed by atoms with Crippen molar-refractivity contribution < 1.29 is 9.66 Å². The number of ether oxygens (including phenoxy) is 1. The maximum atomic E-state index is 10.8. The molecule has 1 aliphatic rings. The van der Waals surface area contributed by atoms with E-state index < -0.39 is 10.5 Å². The Morgan fingerprint density at radius 2 is 2.33 bits per heavy atom. The van der Waals surface area contributed by atoms with E-state index in [2.05, 4.69) is 11.4 Å². The third-order valence-corrected chi connectivity index (χ3v) is 4.07. The largest absolute Gasteiger partial charge is 0.490 e. The summed E-state index contributed by atoms with van der Waals surface area (Å²) in [6.07, 6.45) is 3.20. The summed E-state index contributed by atoms with van der Waals surface area (Å²) in [5, 5.41) is 23.2. The van der Waals surface area contributed by atoms with Crippen molar-refractivity contribution >= 4 is 5.69 Å². The molecule has 2 rings (SSSR count). The molecule has 1 N–H and O–H groups in total. The zero-order valence-corrected chi connectivity index (χ0v) is 12.3. The Balaban J connectivity index is 2.10. The minimum atomic E-state index is -0.529. The molecule has 0 bridgehead atoms. The average molecular weight is 289 g/mol. The van der Waals surface area contributed by atoms with E-state index in [1.54, 1.807) is 26.1 Å². The maximum Gasteiger partial charge on any atom is 0.272 e. The topological polar surface area (TPSA) is 88.2 Å². The molecular weight excluding hydrogens is 270 g/mol. The Bertz CT molecular complexity index is 582. The SMILES string of the molecule is CNC1(C#N)CCCC(Oc2ccc([N+](=O)[O-])c(C)c2)C1. The molecule has 6 heteroatoms. The summed E-state index contributed by atoms with van der Waals surface area (Å²) in [6, 6.07) is 7.10. The maximum absolute atomic E-state index is 10.8. The summed E-state index contributed by atoms with van der Waals surface area (Å²) < 4.78 is 5.92. The van der Waals surface area contributed by atoms with Crippen LogP contribution in [0.1, 0.15) is 31.2 Å². The van der Waals surface area contributed by atoms with Gasteiger partial charge in [-0.3, -0.25) is 10.1 Å². The van der Waals surface area contributed by atoms with E-state index in [-0.39, 0.29) is 11.8 Å². The van der Waals surface area contributed by atoms with Crippen LogP contribution in [0.15, 0.2) is 18.2 Å². The number of nitriles is 1. The zero-order valence-electron chi connectivity index (χ0n) is 12.3. The number of hydrogen-bond donors (Lipinski definition) is 1. The zero-order chi connectivity index (χ0) is 15.5. The van der Waals surface area contributed by atoms with Gasteiger partial charge in [-0.2, -0.15) is 5.26 Å². The van der Waals surface area contributed by atoms with Crippen molar-refractivity contribution in [2.24, 2.45) is 0 Å². The average Bonchev–Trinajstić information content (AvgIpc) is 2.47. The molecule has 0 aliphatic heterocycles. The molecule has 0 spiro atoms. The molecule has 0 saturated heterocycles. The van der Waals surface area contributed by atoms with Crippen molar-refractivity contribution in [1.82, 2.24) is 5.32 Å². The highest BCUT2D eigenvalue weighted by molar-refractivity contribution is 5.44. The molecule has 1 fully saturated rings. The van der Waals surface area contributed by atoms with Crippen LogP contribution in [-0.2, 0) is 0 Å². The van der Waals surface area contributed by atoms with Crippen LogP contribution in [0.5, 0.6) is 5.75 Å². The van der Waals surface area contributed by atoms with E-state index in [1.165, 1.54) is 6.07 Å². The predicted octanol–water partition coefficient (Wildman–Crippen LogP) is 2.71. The molecule has 1 aliphatic carbocycles. The van der Waals surface area contributed by atoms with Crippen LogP contribution in [-0.4, -0.2) is 23.6 Å². The Labute approximate surface area is 123 Å². The van der Waals surface area contributed by atoms with Gasteiger partial charge in [-0.05, 0) is 45.4 Å². The van der Waals surface area contributed by atoms with Gasteiger partial charge in [0.2, 0.25) is 0 Å². The quantitative estimate of drug-likeness (QED) is 0.680. The number of hydrogen-bond acceptors (Lipinski definition) is 5. The Morgan fingerprint density at radius 3 is 2.90 bits per heavy atom. The van der Waals surface area contributed by atoms with Gasteiger partial charge < -0.3 is 10.1 Å². The van der Waals surface area contributed by atoms with Gasteiger partial charge in [-0.25, -0.2) is 0 Å². The minimum Gasteiger partial charge on any atom is -0.490 e. The lowest BCUT2D eigenvalue weighted by molar-refractivity contribution is -0.385. The van der Waals surface area contributed by atoms with E-state index in [1.807, 2.05) is 0 Å². The van der Waals surface area contributed by atoms with Gasteiger partial charge in [0.1, 0.15) is 17.4 Å². The van der Waals surface area contributed by atoms with Crippen LogP contribution < -0.4 is 10.1 Å². The van der Waals surface area contributed by atoms with Crippen LogP contribution in [0.2, 0.25) is 0 Å². The number of nitrogens with one attached hydrogen (secondary N) is 1. The lowest BCUT2D eigenvalue weighted by Crippen LogP contribution is -2.48. The number of benzene rings is 1. The number of nitro groups is 1. The third kappa shape index (κ3) is 3.31. The number of rotatable bonds is 4. The van der Waals surface area contributed by atoms with Gasteiger partial charge in [-0.1, -0.05) is 0 Å².